The van der Waals surface area contributed by atoms with Gasteiger partial charge in [0.05, 0.1) is 6.10 Å². The lowest BCUT2D eigenvalue weighted by Gasteiger charge is -2.25. The third-order valence-electron chi connectivity index (χ3n) is 3.26. The van der Waals surface area contributed by atoms with E-state index < -0.39 is 0 Å². The second-order valence-electron chi connectivity index (χ2n) is 4.56. The van der Waals surface area contributed by atoms with E-state index in [1.54, 1.807) is 0 Å². The number of hydrogen-bond acceptors (Lipinski definition) is 2. The lowest BCUT2D eigenvalue weighted by atomic mass is 9.87. The highest BCUT2D eigenvalue weighted by Gasteiger charge is 2.18. The lowest BCUT2D eigenvalue weighted by Crippen LogP contribution is -2.23. The molecular formula is C13H18ClNO. The van der Waals surface area contributed by atoms with Crippen LogP contribution in [0.1, 0.15) is 25.7 Å². The predicted octanol–water partition coefficient (Wildman–Crippen LogP) is 3.30. The van der Waals surface area contributed by atoms with Crippen LogP contribution in [-0.2, 0) is 0 Å². The Morgan fingerprint density at radius 3 is 2.38 bits per heavy atom. The van der Waals surface area contributed by atoms with Crippen molar-refractivity contribution in [2.24, 2.45) is 5.92 Å². The van der Waals surface area contributed by atoms with Crippen molar-refractivity contribution in [1.82, 2.24) is 0 Å². The van der Waals surface area contributed by atoms with Crippen LogP contribution in [0.15, 0.2) is 24.3 Å². The maximum atomic E-state index is 9.41. The number of benzene rings is 1. The first-order chi connectivity index (χ1) is 7.74. The third kappa shape index (κ3) is 3.39. The zero-order valence-electron chi connectivity index (χ0n) is 9.32. The molecule has 0 heterocycles. The monoisotopic (exact) mass is 239 g/mol. The van der Waals surface area contributed by atoms with Gasteiger partial charge in [-0.1, -0.05) is 11.6 Å². The SMILES string of the molecule is OC1CCC(CNc2ccc(Cl)cc2)CC1. The lowest BCUT2D eigenvalue weighted by molar-refractivity contribution is 0.111. The fraction of sp³-hybridized carbons (Fsp3) is 0.538. The molecule has 1 fully saturated rings. The Morgan fingerprint density at radius 1 is 1.12 bits per heavy atom. The summed E-state index contributed by atoms with van der Waals surface area (Å²) >= 11 is 5.82. The quantitative estimate of drug-likeness (QED) is 0.848. The second-order valence-corrected chi connectivity index (χ2v) is 5.00. The van der Waals surface area contributed by atoms with E-state index in [0.717, 1.165) is 42.9 Å². The first kappa shape index (κ1) is 11.7. The fourth-order valence-corrected chi connectivity index (χ4v) is 2.30. The average Bonchev–Trinajstić information content (AvgIpc) is 2.30. The Labute approximate surface area is 102 Å². The molecule has 88 valence electrons. The van der Waals surface area contributed by atoms with E-state index in [-0.39, 0.29) is 6.10 Å². The number of anilines is 1. The van der Waals surface area contributed by atoms with Gasteiger partial charge in [-0.3, -0.25) is 0 Å². The fourth-order valence-electron chi connectivity index (χ4n) is 2.18. The van der Waals surface area contributed by atoms with E-state index >= 15 is 0 Å². The molecule has 0 saturated heterocycles. The van der Waals surface area contributed by atoms with Crippen molar-refractivity contribution in [3.05, 3.63) is 29.3 Å². The van der Waals surface area contributed by atoms with E-state index in [2.05, 4.69) is 5.32 Å². The van der Waals surface area contributed by atoms with Crippen molar-refractivity contribution < 1.29 is 5.11 Å². The molecule has 0 unspecified atom stereocenters. The van der Waals surface area contributed by atoms with Crippen LogP contribution >= 0.6 is 11.6 Å². The summed E-state index contributed by atoms with van der Waals surface area (Å²) in [4.78, 5) is 0. The number of nitrogens with one attached hydrogen (secondary N) is 1. The number of aliphatic hydroxyl groups is 1. The smallest absolute Gasteiger partial charge is 0.0540 e. The van der Waals surface area contributed by atoms with Crippen molar-refractivity contribution in [2.45, 2.75) is 31.8 Å². The zero-order chi connectivity index (χ0) is 11.4. The second kappa shape index (κ2) is 5.55. The number of rotatable bonds is 3. The summed E-state index contributed by atoms with van der Waals surface area (Å²) in [5.74, 6) is 0.694. The normalized spacial score (nSPS) is 25.4. The number of halogens is 1. The molecule has 1 saturated carbocycles. The van der Waals surface area contributed by atoms with Gasteiger partial charge in [0.15, 0.2) is 0 Å². The van der Waals surface area contributed by atoms with Gasteiger partial charge in [-0.2, -0.15) is 0 Å². The topological polar surface area (TPSA) is 32.3 Å². The largest absolute Gasteiger partial charge is 0.393 e. The van der Waals surface area contributed by atoms with Crippen molar-refractivity contribution in [3.63, 3.8) is 0 Å². The standard InChI is InChI=1S/C13H18ClNO/c14-11-3-5-12(6-4-11)15-9-10-1-7-13(16)8-2-10/h3-6,10,13,15-16H,1-2,7-9H2. The maximum Gasteiger partial charge on any atom is 0.0540 e. The minimum atomic E-state index is -0.0632. The predicted molar refractivity (Wildman–Crippen MR) is 67.9 cm³/mol. The van der Waals surface area contributed by atoms with Gasteiger partial charge in [0.2, 0.25) is 0 Å². The van der Waals surface area contributed by atoms with Crippen LogP contribution in [0.5, 0.6) is 0 Å². The Hall–Kier alpha value is -0.730. The highest BCUT2D eigenvalue weighted by molar-refractivity contribution is 6.30. The molecule has 0 bridgehead atoms. The molecule has 1 aliphatic rings. The molecule has 1 aromatic rings. The summed E-state index contributed by atoms with van der Waals surface area (Å²) in [7, 11) is 0. The van der Waals surface area contributed by atoms with E-state index in [0.29, 0.717) is 5.92 Å². The Kier molecular flexibility index (Phi) is 4.08. The average molecular weight is 240 g/mol. The molecule has 1 aromatic carbocycles. The van der Waals surface area contributed by atoms with E-state index in [4.69, 9.17) is 11.6 Å². The van der Waals surface area contributed by atoms with E-state index in [1.165, 1.54) is 0 Å². The van der Waals surface area contributed by atoms with Crippen LogP contribution in [0.25, 0.3) is 0 Å². The van der Waals surface area contributed by atoms with Crippen molar-refractivity contribution in [2.75, 3.05) is 11.9 Å². The maximum absolute atomic E-state index is 9.41. The Balaban J connectivity index is 1.77. The summed E-state index contributed by atoms with van der Waals surface area (Å²) in [6.07, 6.45) is 4.09. The molecular weight excluding hydrogens is 222 g/mol. The van der Waals surface area contributed by atoms with Crippen LogP contribution in [0.2, 0.25) is 5.02 Å². The van der Waals surface area contributed by atoms with E-state index in [9.17, 15) is 5.11 Å². The molecule has 3 heteroatoms. The molecule has 0 aromatic heterocycles. The molecule has 0 atom stereocenters. The molecule has 0 spiro atoms. The van der Waals surface area contributed by atoms with Crippen molar-refractivity contribution >= 4 is 17.3 Å². The number of hydrogen-bond donors (Lipinski definition) is 2. The van der Waals surface area contributed by atoms with Gasteiger partial charge < -0.3 is 10.4 Å². The minimum Gasteiger partial charge on any atom is -0.393 e. The summed E-state index contributed by atoms with van der Waals surface area (Å²) < 4.78 is 0. The summed E-state index contributed by atoms with van der Waals surface area (Å²) in [5, 5.41) is 13.6. The van der Waals surface area contributed by atoms with Gasteiger partial charge in [0, 0.05) is 17.3 Å². The van der Waals surface area contributed by atoms with Crippen LogP contribution in [0.3, 0.4) is 0 Å². The van der Waals surface area contributed by atoms with Gasteiger partial charge in [0.1, 0.15) is 0 Å². The molecule has 0 aliphatic heterocycles. The molecule has 2 nitrogen and oxygen atoms in total. The minimum absolute atomic E-state index is 0.0632. The van der Waals surface area contributed by atoms with Gasteiger partial charge in [-0.25, -0.2) is 0 Å². The molecule has 2 N–H and O–H groups in total. The highest BCUT2D eigenvalue weighted by Crippen LogP contribution is 2.24. The third-order valence-corrected chi connectivity index (χ3v) is 3.51. The van der Waals surface area contributed by atoms with Gasteiger partial charge in [-0.15, -0.1) is 0 Å². The molecule has 0 amide bonds. The summed E-state index contributed by atoms with van der Waals surface area (Å²) in [6, 6.07) is 7.79. The number of aliphatic hydroxyl groups excluding tert-OH is 1. The van der Waals surface area contributed by atoms with E-state index in [1.807, 2.05) is 24.3 Å². The first-order valence-electron chi connectivity index (χ1n) is 5.91. The van der Waals surface area contributed by atoms with Gasteiger partial charge in [0.25, 0.3) is 0 Å². The van der Waals surface area contributed by atoms with Crippen LogP contribution in [0.4, 0.5) is 5.69 Å². The van der Waals surface area contributed by atoms with Crippen LogP contribution in [-0.4, -0.2) is 17.8 Å². The van der Waals surface area contributed by atoms with Gasteiger partial charge in [-0.05, 0) is 55.9 Å². The van der Waals surface area contributed by atoms with Crippen LogP contribution in [0, 0.1) is 5.92 Å². The summed E-state index contributed by atoms with van der Waals surface area (Å²) in [6.45, 7) is 0.994. The zero-order valence-corrected chi connectivity index (χ0v) is 10.1. The molecule has 0 radical (unpaired) electrons. The molecule has 16 heavy (non-hydrogen) atoms. The Morgan fingerprint density at radius 2 is 1.75 bits per heavy atom. The van der Waals surface area contributed by atoms with Crippen molar-refractivity contribution in [1.29, 1.82) is 0 Å². The van der Waals surface area contributed by atoms with Gasteiger partial charge >= 0.3 is 0 Å². The Bertz CT molecular complexity index is 317. The summed E-state index contributed by atoms with van der Waals surface area (Å²) in [5.41, 5.74) is 1.12. The molecule has 2 rings (SSSR count). The first-order valence-corrected chi connectivity index (χ1v) is 6.29. The van der Waals surface area contributed by atoms with Crippen LogP contribution < -0.4 is 5.32 Å². The highest BCUT2D eigenvalue weighted by atomic mass is 35.5. The van der Waals surface area contributed by atoms with Crippen molar-refractivity contribution in [3.8, 4) is 0 Å². The molecule has 1 aliphatic carbocycles.